The molecule has 0 atom stereocenters. The van der Waals surface area contributed by atoms with Crippen molar-refractivity contribution in [2.75, 3.05) is 44.7 Å². The smallest absolute Gasteiger partial charge is 0.327 e. The molecule has 0 fully saturated rings. The number of anilines is 3. The van der Waals surface area contributed by atoms with Crippen LogP contribution in [0.1, 0.15) is 0 Å². The fourth-order valence-electron chi connectivity index (χ4n) is 2.59. The number of urea groups is 1. The minimum atomic E-state index is -0.566. The van der Waals surface area contributed by atoms with Crippen LogP contribution in [0.15, 0.2) is 52.2 Å². The molecule has 11 heteroatoms. The zero-order valence-electron chi connectivity index (χ0n) is 18.1. The van der Waals surface area contributed by atoms with Gasteiger partial charge in [0.05, 0.1) is 31.3 Å². The van der Waals surface area contributed by atoms with Crippen molar-refractivity contribution in [3.8, 4) is 11.5 Å². The number of nitrogens with one attached hydrogen (secondary N) is 2. The lowest BCUT2D eigenvalue weighted by molar-refractivity contribution is 0.239. The van der Waals surface area contributed by atoms with E-state index in [0.717, 1.165) is 0 Å². The summed E-state index contributed by atoms with van der Waals surface area (Å²) in [5.41, 5.74) is 7.25. The molecule has 0 aliphatic heterocycles. The summed E-state index contributed by atoms with van der Waals surface area (Å²) in [5, 5.41) is 5.96. The topological polar surface area (TPSA) is 114 Å². The number of amidine groups is 1. The summed E-state index contributed by atoms with van der Waals surface area (Å²) in [6.45, 7) is 3.55. The quantitative estimate of drug-likeness (QED) is 0.302. The van der Waals surface area contributed by atoms with Gasteiger partial charge in [-0.2, -0.15) is 0 Å². The number of rotatable bonds is 7. The molecular weight excluding hydrogens is 455 g/mol. The van der Waals surface area contributed by atoms with Crippen molar-refractivity contribution >= 4 is 58.8 Å². The standard InChI is InChI=1S/C21H24Cl2N6O3/c1-25-16(27-13-9-7-6-8-12(13)24)11-17(26-2)29(3)21(30)28-20-18(22)14(31-4)10-15(32-5)19(20)23/h6-11,27H,1,24H2,2-5H3,(H,28,30)/b16-11+,26-17?. The van der Waals surface area contributed by atoms with Gasteiger partial charge in [0.15, 0.2) is 0 Å². The molecule has 2 aromatic rings. The second-order valence-corrected chi connectivity index (χ2v) is 7.01. The van der Waals surface area contributed by atoms with Crippen molar-refractivity contribution < 1.29 is 14.3 Å². The van der Waals surface area contributed by atoms with E-state index >= 15 is 0 Å². The molecule has 0 aliphatic carbocycles. The first-order chi connectivity index (χ1) is 15.3. The summed E-state index contributed by atoms with van der Waals surface area (Å²) in [6, 6.07) is 8.12. The minimum absolute atomic E-state index is 0.125. The largest absolute Gasteiger partial charge is 0.495 e. The number of nitrogens with zero attached hydrogens (tertiary/aromatic N) is 3. The molecule has 4 N–H and O–H groups in total. The normalized spacial score (nSPS) is 11.6. The van der Waals surface area contributed by atoms with Gasteiger partial charge >= 0.3 is 6.03 Å². The van der Waals surface area contributed by atoms with Crippen LogP contribution in [-0.4, -0.2) is 51.8 Å². The van der Waals surface area contributed by atoms with Gasteiger partial charge in [0, 0.05) is 26.2 Å². The Morgan fingerprint density at radius 2 is 1.75 bits per heavy atom. The summed E-state index contributed by atoms with van der Waals surface area (Å²) >= 11 is 12.7. The Morgan fingerprint density at radius 1 is 1.16 bits per heavy atom. The predicted octanol–water partition coefficient (Wildman–Crippen LogP) is 4.74. The number of hydrogen-bond acceptors (Lipinski definition) is 7. The molecule has 2 aromatic carbocycles. The Morgan fingerprint density at radius 3 is 2.25 bits per heavy atom. The van der Waals surface area contributed by atoms with Crippen molar-refractivity contribution in [2.24, 2.45) is 9.98 Å². The van der Waals surface area contributed by atoms with E-state index in [1.54, 1.807) is 12.1 Å². The molecule has 32 heavy (non-hydrogen) atoms. The van der Waals surface area contributed by atoms with Crippen LogP contribution in [0.2, 0.25) is 10.0 Å². The Kier molecular flexibility index (Phi) is 8.74. The number of benzene rings is 2. The average Bonchev–Trinajstić information content (AvgIpc) is 2.80. The van der Waals surface area contributed by atoms with E-state index in [1.165, 1.54) is 45.4 Å². The number of nitrogen functional groups attached to an aromatic ring is 1. The zero-order chi connectivity index (χ0) is 23.8. The highest BCUT2D eigenvalue weighted by Gasteiger charge is 2.22. The van der Waals surface area contributed by atoms with Gasteiger partial charge in [0.1, 0.15) is 33.2 Å². The number of aliphatic imine (C=N–C) groups is 2. The number of carbonyl (C=O) groups excluding carboxylic acids is 1. The number of nitrogens with two attached hydrogens (primary N) is 1. The predicted molar refractivity (Wildman–Crippen MR) is 132 cm³/mol. The number of halogens is 2. The monoisotopic (exact) mass is 478 g/mol. The Labute approximate surface area is 196 Å². The third-order valence-electron chi connectivity index (χ3n) is 4.34. The number of hydrogen-bond donors (Lipinski definition) is 3. The Balaban J connectivity index is 2.30. The highest BCUT2D eigenvalue weighted by molar-refractivity contribution is 6.41. The van der Waals surface area contributed by atoms with Crippen LogP contribution in [-0.2, 0) is 0 Å². The maximum absolute atomic E-state index is 12.9. The fraction of sp³-hybridized carbons (Fsp3) is 0.190. The van der Waals surface area contributed by atoms with Crippen LogP contribution in [0.4, 0.5) is 21.9 Å². The van der Waals surface area contributed by atoms with Crippen molar-refractivity contribution in [3.63, 3.8) is 0 Å². The Hall–Kier alpha value is -3.43. The van der Waals surface area contributed by atoms with Crippen molar-refractivity contribution in [1.82, 2.24) is 4.90 Å². The van der Waals surface area contributed by atoms with Crippen molar-refractivity contribution in [2.45, 2.75) is 0 Å². The van der Waals surface area contributed by atoms with E-state index in [1.807, 2.05) is 12.1 Å². The molecule has 170 valence electrons. The van der Waals surface area contributed by atoms with Gasteiger partial charge in [-0.25, -0.2) is 9.79 Å². The lowest BCUT2D eigenvalue weighted by atomic mass is 10.2. The van der Waals surface area contributed by atoms with Gasteiger partial charge in [-0.1, -0.05) is 35.3 Å². The second-order valence-electron chi connectivity index (χ2n) is 6.25. The summed E-state index contributed by atoms with van der Waals surface area (Å²) < 4.78 is 10.4. The van der Waals surface area contributed by atoms with E-state index < -0.39 is 6.03 Å². The Bertz CT molecular complexity index is 1040. The first-order valence-corrected chi connectivity index (χ1v) is 9.94. The third-order valence-corrected chi connectivity index (χ3v) is 5.09. The summed E-state index contributed by atoms with van der Waals surface area (Å²) in [4.78, 5) is 22.3. The third kappa shape index (κ3) is 5.63. The van der Waals surface area contributed by atoms with Crippen LogP contribution in [0.5, 0.6) is 11.5 Å². The highest BCUT2D eigenvalue weighted by atomic mass is 35.5. The van der Waals surface area contributed by atoms with Crippen LogP contribution in [0.25, 0.3) is 0 Å². The van der Waals surface area contributed by atoms with Crippen LogP contribution < -0.4 is 25.8 Å². The SMILES string of the molecule is C=N/C(=C\C(=NC)N(C)C(=O)Nc1c(Cl)c(OC)cc(OC)c1Cl)Nc1ccccc1N. The van der Waals surface area contributed by atoms with Gasteiger partial charge in [0.25, 0.3) is 0 Å². The van der Waals surface area contributed by atoms with E-state index in [2.05, 4.69) is 27.3 Å². The van der Waals surface area contributed by atoms with E-state index in [-0.39, 0.29) is 33.1 Å². The molecule has 0 saturated heterocycles. The van der Waals surface area contributed by atoms with Crippen molar-refractivity contribution in [3.05, 3.63) is 52.3 Å². The number of carbonyl (C=O) groups is 1. The van der Waals surface area contributed by atoms with Gasteiger partial charge in [0.2, 0.25) is 0 Å². The zero-order valence-corrected chi connectivity index (χ0v) is 19.6. The molecule has 0 bridgehead atoms. The molecule has 0 aliphatic rings. The minimum Gasteiger partial charge on any atom is -0.495 e. The molecule has 2 rings (SSSR count). The number of methoxy groups -OCH3 is 2. The van der Waals surface area contributed by atoms with E-state index in [9.17, 15) is 4.79 Å². The molecule has 0 radical (unpaired) electrons. The van der Waals surface area contributed by atoms with E-state index in [0.29, 0.717) is 17.2 Å². The average molecular weight is 479 g/mol. The van der Waals surface area contributed by atoms with Crippen LogP contribution in [0.3, 0.4) is 0 Å². The maximum Gasteiger partial charge on any atom is 0.327 e. The summed E-state index contributed by atoms with van der Waals surface area (Å²) in [7, 11) is 5.93. The highest BCUT2D eigenvalue weighted by Crippen LogP contribution is 2.44. The fourth-order valence-corrected chi connectivity index (χ4v) is 3.19. The molecule has 9 nitrogen and oxygen atoms in total. The first kappa shape index (κ1) is 24.8. The van der Waals surface area contributed by atoms with E-state index in [4.69, 9.17) is 38.4 Å². The number of para-hydroxylation sites is 2. The van der Waals surface area contributed by atoms with Crippen LogP contribution >= 0.6 is 23.2 Å². The first-order valence-electron chi connectivity index (χ1n) is 9.18. The number of likely N-dealkylation sites (N-methyl/N-ethyl adjacent to an activating group) is 1. The number of ether oxygens (including phenoxy) is 2. The van der Waals surface area contributed by atoms with Crippen LogP contribution in [0, 0.1) is 0 Å². The molecule has 0 saturated carbocycles. The van der Waals surface area contributed by atoms with Gasteiger partial charge in [-0.15, -0.1) is 0 Å². The van der Waals surface area contributed by atoms with Crippen molar-refractivity contribution in [1.29, 1.82) is 0 Å². The van der Waals surface area contributed by atoms with Gasteiger partial charge < -0.3 is 25.8 Å². The van der Waals surface area contributed by atoms with Gasteiger partial charge in [-0.3, -0.25) is 9.89 Å². The molecule has 0 heterocycles. The second kappa shape index (κ2) is 11.3. The summed E-state index contributed by atoms with van der Waals surface area (Å²) in [6.07, 6.45) is 1.54. The molecule has 0 unspecified atom stereocenters. The maximum atomic E-state index is 12.9. The molecule has 0 spiro atoms. The lowest BCUT2D eigenvalue weighted by Crippen LogP contribution is -2.36. The molecular formula is C21H24Cl2N6O3. The van der Waals surface area contributed by atoms with Gasteiger partial charge in [-0.05, 0) is 18.9 Å². The molecule has 0 aromatic heterocycles. The number of amides is 2. The lowest BCUT2D eigenvalue weighted by Gasteiger charge is -2.21. The molecule has 2 amide bonds. The summed E-state index contributed by atoms with van der Waals surface area (Å²) in [5.74, 6) is 1.19.